The lowest BCUT2D eigenvalue weighted by atomic mass is 10.0. The Bertz CT molecular complexity index is 1170. The Hall–Kier alpha value is -3.69. The van der Waals surface area contributed by atoms with Crippen LogP contribution in [0.3, 0.4) is 0 Å². The predicted octanol–water partition coefficient (Wildman–Crippen LogP) is 3.29. The van der Waals surface area contributed by atoms with E-state index in [0.29, 0.717) is 0 Å². The van der Waals surface area contributed by atoms with Crippen molar-refractivity contribution >= 4 is 5.91 Å². The zero-order valence-electron chi connectivity index (χ0n) is 15.5. The van der Waals surface area contributed by atoms with Crippen LogP contribution in [0.4, 0.5) is 17.6 Å². The average molecular weight is 421 g/mol. The normalized spacial score (nSPS) is 11.4. The minimum atomic E-state index is -4.57. The molecule has 10 heteroatoms. The number of rotatable bonds is 5. The second-order valence-corrected chi connectivity index (χ2v) is 6.38. The fraction of sp³-hybridized carbons (Fsp3) is 0.150. The van der Waals surface area contributed by atoms with Crippen LogP contribution in [0.5, 0.6) is 5.75 Å². The SMILES string of the molecule is Cn1cc(C(N)=O)nc(-c2cccc(-c3cc(F)ccc3OCC(F)(F)F)c2)c1=O. The monoisotopic (exact) mass is 421 g/mol. The quantitative estimate of drug-likeness (QED) is 0.641. The third-order valence-corrected chi connectivity index (χ3v) is 4.10. The van der Waals surface area contributed by atoms with Gasteiger partial charge < -0.3 is 15.0 Å². The molecule has 0 saturated carbocycles. The fourth-order valence-corrected chi connectivity index (χ4v) is 2.76. The van der Waals surface area contributed by atoms with Gasteiger partial charge in [-0.1, -0.05) is 18.2 Å². The Morgan fingerprint density at radius 2 is 1.87 bits per heavy atom. The number of aromatic nitrogens is 2. The van der Waals surface area contributed by atoms with E-state index in [1.807, 2.05) is 0 Å². The van der Waals surface area contributed by atoms with Gasteiger partial charge in [0.05, 0.1) is 0 Å². The van der Waals surface area contributed by atoms with Crippen molar-refractivity contribution in [3.63, 3.8) is 0 Å². The highest BCUT2D eigenvalue weighted by Gasteiger charge is 2.29. The number of carbonyl (C=O) groups excluding carboxylic acids is 1. The molecule has 1 aromatic heterocycles. The molecule has 0 radical (unpaired) electrons. The Morgan fingerprint density at radius 3 is 2.53 bits per heavy atom. The number of hydrogen-bond donors (Lipinski definition) is 1. The Kier molecular flexibility index (Phi) is 5.59. The van der Waals surface area contributed by atoms with Crippen molar-refractivity contribution in [3.05, 3.63) is 70.5 Å². The highest BCUT2D eigenvalue weighted by Crippen LogP contribution is 2.33. The number of alkyl halides is 3. The van der Waals surface area contributed by atoms with Gasteiger partial charge in [0.25, 0.3) is 11.5 Å². The van der Waals surface area contributed by atoms with Crippen LogP contribution in [0.15, 0.2) is 53.5 Å². The Labute approximate surface area is 167 Å². The van der Waals surface area contributed by atoms with E-state index < -0.39 is 30.1 Å². The zero-order valence-corrected chi connectivity index (χ0v) is 15.5. The van der Waals surface area contributed by atoms with Crippen molar-refractivity contribution in [2.45, 2.75) is 6.18 Å². The van der Waals surface area contributed by atoms with Crippen LogP contribution in [0.1, 0.15) is 10.5 Å². The summed E-state index contributed by atoms with van der Waals surface area (Å²) in [4.78, 5) is 27.9. The molecule has 1 heterocycles. The van der Waals surface area contributed by atoms with Crippen molar-refractivity contribution in [1.82, 2.24) is 9.55 Å². The summed E-state index contributed by atoms with van der Waals surface area (Å²) in [5.41, 5.74) is 5.10. The van der Waals surface area contributed by atoms with Gasteiger partial charge in [-0.3, -0.25) is 9.59 Å². The first-order chi connectivity index (χ1) is 14.0. The lowest BCUT2D eigenvalue weighted by Crippen LogP contribution is -2.25. The molecule has 0 aliphatic heterocycles. The van der Waals surface area contributed by atoms with Crippen LogP contribution in [-0.2, 0) is 7.05 Å². The van der Waals surface area contributed by atoms with Crippen molar-refractivity contribution in [2.24, 2.45) is 12.8 Å². The Balaban J connectivity index is 2.11. The summed E-state index contributed by atoms with van der Waals surface area (Å²) in [6.45, 7) is -1.55. The molecule has 0 fully saturated rings. The van der Waals surface area contributed by atoms with Gasteiger partial charge in [0.15, 0.2) is 6.61 Å². The molecule has 3 rings (SSSR count). The van der Waals surface area contributed by atoms with Gasteiger partial charge in [-0.2, -0.15) is 13.2 Å². The number of amides is 1. The van der Waals surface area contributed by atoms with Gasteiger partial charge in [0.2, 0.25) is 0 Å². The number of benzene rings is 2. The summed E-state index contributed by atoms with van der Waals surface area (Å²) in [5.74, 6) is -1.70. The average Bonchev–Trinajstić information content (AvgIpc) is 2.68. The number of aryl methyl sites for hydroxylation is 1. The van der Waals surface area contributed by atoms with E-state index in [1.165, 1.54) is 37.5 Å². The van der Waals surface area contributed by atoms with Crippen LogP contribution in [0.25, 0.3) is 22.4 Å². The van der Waals surface area contributed by atoms with Crippen LogP contribution in [-0.4, -0.2) is 28.2 Å². The van der Waals surface area contributed by atoms with Gasteiger partial charge in [0.1, 0.15) is 23.0 Å². The first kappa shape index (κ1) is 21.0. The molecule has 0 aliphatic rings. The fourth-order valence-electron chi connectivity index (χ4n) is 2.76. The molecule has 156 valence electrons. The number of nitrogens with two attached hydrogens (primary N) is 1. The van der Waals surface area contributed by atoms with Crippen molar-refractivity contribution < 1.29 is 27.1 Å². The van der Waals surface area contributed by atoms with Gasteiger partial charge in [0, 0.05) is 24.4 Å². The summed E-state index contributed by atoms with van der Waals surface area (Å²) >= 11 is 0. The first-order valence-electron chi connectivity index (χ1n) is 8.52. The van der Waals surface area contributed by atoms with E-state index in [1.54, 1.807) is 0 Å². The number of carbonyl (C=O) groups is 1. The van der Waals surface area contributed by atoms with E-state index in [0.717, 1.165) is 22.8 Å². The topological polar surface area (TPSA) is 87.2 Å². The van der Waals surface area contributed by atoms with E-state index in [4.69, 9.17) is 10.5 Å². The van der Waals surface area contributed by atoms with Crippen molar-refractivity contribution in [1.29, 1.82) is 0 Å². The predicted molar refractivity (Wildman–Crippen MR) is 100 cm³/mol. The molecule has 0 spiro atoms. The maximum absolute atomic E-state index is 13.8. The summed E-state index contributed by atoms with van der Waals surface area (Å²) < 4.78 is 57.4. The number of primary amides is 1. The summed E-state index contributed by atoms with van der Waals surface area (Å²) in [7, 11) is 1.42. The van der Waals surface area contributed by atoms with Crippen LogP contribution in [0, 0.1) is 5.82 Å². The molecular formula is C20H15F4N3O3. The van der Waals surface area contributed by atoms with Crippen LogP contribution in [0.2, 0.25) is 0 Å². The zero-order chi connectivity index (χ0) is 22.1. The van der Waals surface area contributed by atoms with Gasteiger partial charge in [-0.05, 0) is 29.8 Å². The molecule has 2 N–H and O–H groups in total. The molecule has 0 aliphatic carbocycles. The van der Waals surface area contributed by atoms with E-state index in [-0.39, 0.29) is 33.8 Å². The molecule has 0 atom stereocenters. The molecule has 0 unspecified atom stereocenters. The van der Waals surface area contributed by atoms with E-state index >= 15 is 0 Å². The molecule has 30 heavy (non-hydrogen) atoms. The lowest BCUT2D eigenvalue weighted by molar-refractivity contribution is -0.153. The first-order valence-corrected chi connectivity index (χ1v) is 8.52. The molecule has 6 nitrogen and oxygen atoms in total. The van der Waals surface area contributed by atoms with E-state index in [2.05, 4.69) is 4.98 Å². The molecule has 3 aromatic rings. The minimum absolute atomic E-state index is 0.0592. The second kappa shape index (κ2) is 7.97. The minimum Gasteiger partial charge on any atom is -0.483 e. The second-order valence-electron chi connectivity index (χ2n) is 6.38. The molecule has 1 amide bonds. The van der Waals surface area contributed by atoms with Crippen molar-refractivity contribution in [3.8, 4) is 28.1 Å². The summed E-state index contributed by atoms with van der Waals surface area (Å²) in [6, 6.07) is 9.08. The molecule has 0 saturated heterocycles. The molecule has 2 aromatic carbocycles. The standard InChI is InChI=1S/C20H15F4N3O3/c1-27-9-15(18(25)28)26-17(19(27)29)12-4-2-3-11(7-12)14-8-13(21)5-6-16(14)30-10-20(22,23)24/h2-9H,10H2,1H3,(H2,25,28). The number of halogens is 4. The number of nitrogens with zero attached hydrogens (tertiary/aromatic N) is 2. The van der Waals surface area contributed by atoms with Crippen LogP contribution < -0.4 is 16.0 Å². The third kappa shape index (κ3) is 4.65. The largest absolute Gasteiger partial charge is 0.483 e. The van der Waals surface area contributed by atoms with Gasteiger partial charge >= 0.3 is 6.18 Å². The third-order valence-electron chi connectivity index (χ3n) is 4.10. The maximum Gasteiger partial charge on any atom is 0.422 e. The molecular weight excluding hydrogens is 406 g/mol. The number of ether oxygens (including phenoxy) is 1. The van der Waals surface area contributed by atoms with Crippen LogP contribution >= 0.6 is 0 Å². The van der Waals surface area contributed by atoms with E-state index in [9.17, 15) is 27.2 Å². The van der Waals surface area contributed by atoms with Gasteiger partial charge in [-0.25, -0.2) is 9.37 Å². The summed E-state index contributed by atoms with van der Waals surface area (Å²) in [6.07, 6.45) is -3.38. The maximum atomic E-state index is 13.8. The Morgan fingerprint density at radius 1 is 1.17 bits per heavy atom. The highest BCUT2D eigenvalue weighted by molar-refractivity contribution is 5.91. The lowest BCUT2D eigenvalue weighted by Gasteiger charge is -2.14. The molecule has 0 bridgehead atoms. The van der Waals surface area contributed by atoms with Crippen molar-refractivity contribution in [2.75, 3.05) is 6.61 Å². The van der Waals surface area contributed by atoms with Gasteiger partial charge in [-0.15, -0.1) is 0 Å². The summed E-state index contributed by atoms with van der Waals surface area (Å²) in [5, 5.41) is 0. The highest BCUT2D eigenvalue weighted by atomic mass is 19.4. The smallest absolute Gasteiger partial charge is 0.422 e. The number of hydrogen-bond acceptors (Lipinski definition) is 4.